The number of halogens is 4. The van der Waals surface area contributed by atoms with Crippen molar-refractivity contribution in [3.63, 3.8) is 0 Å². The van der Waals surface area contributed by atoms with Gasteiger partial charge in [-0.1, -0.05) is 32.6 Å². The largest absolute Gasteiger partial charge is 3.00 e. The van der Waals surface area contributed by atoms with Crippen molar-refractivity contribution in [2.24, 2.45) is 11.8 Å². The number of aryl methyl sites for hydroxylation is 1. The van der Waals surface area contributed by atoms with E-state index < -0.39 is 28.8 Å². The summed E-state index contributed by atoms with van der Waals surface area (Å²) in [6, 6.07) is 6.13. The van der Waals surface area contributed by atoms with Crippen molar-refractivity contribution in [3.05, 3.63) is 59.2 Å². The Kier molecular flexibility index (Phi) is 7.84. The SMILES string of the molecule is CC1CCC(CCc2cc(F)c(-c3cc(F)[c-]c(F)c3)c(F)c2)CC1.[Y+3]. The maximum Gasteiger partial charge on any atom is 3.00 e. The maximum atomic E-state index is 14.4. The van der Waals surface area contributed by atoms with Crippen molar-refractivity contribution < 1.29 is 50.3 Å². The first-order valence-electron chi connectivity index (χ1n) is 8.79. The molecular formula is C21H21F4Y+2. The zero-order chi connectivity index (χ0) is 18.0. The van der Waals surface area contributed by atoms with Crippen LogP contribution in [0.3, 0.4) is 0 Å². The molecule has 1 aliphatic rings. The molecule has 0 N–H and O–H groups in total. The molecule has 134 valence electrons. The van der Waals surface area contributed by atoms with Crippen LogP contribution in [0.15, 0.2) is 24.3 Å². The van der Waals surface area contributed by atoms with Crippen molar-refractivity contribution >= 4 is 0 Å². The molecule has 5 heteroatoms. The first-order valence-corrected chi connectivity index (χ1v) is 8.79. The molecule has 0 radical (unpaired) electrons. The fourth-order valence-corrected chi connectivity index (χ4v) is 3.68. The van der Waals surface area contributed by atoms with Gasteiger partial charge in [-0.3, -0.25) is 0 Å². The van der Waals surface area contributed by atoms with Gasteiger partial charge in [-0.25, -0.2) is 17.6 Å². The fourth-order valence-electron chi connectivity index (χ4n) is 3.68. The second-order valence-corrected chi connectivity index (χ2v) is 7.16. The molecular weight excluding hydrogens is 417 g/mol. The van der Waals surface area contributed by atoms with Crippen LogP contribution in [0.5, 0.6) is 0 Å². The smallest absolute Gasteiger partial charge is 0.236 e. The molecule has 0 aromatic heterocycles. The summed E-state index contributed by atoms with van der Waals surface area (Å²) in [6.45, 7) is 2.26. The van der Waals surface area contributed by atoms with Gasteiger partial charge in [0.25, 0.3) is 0 Å². The molecule has 1 aliphatic carbocycles. The van der Waals surface area contributed by atoms with E-state index in [2.05, 4.69) is 6.92 Å². The third-order valence-corrected chi connectivity index (χ3v) is 5.17. The third-order valence-electron chi connectivity index (χ3n) is 5.17. The van der Waals surface area contributed by atoms with Gasteiger partial charge in [0.05, 0.1) is 0 Å². The molecule has 1 fully saturated rings. The molecule has 0 saturated heterocycles. The Morgan fingerprint density at radius 3 is 1.96 bits per heavy atom. The number of hydrogen-bond donors (Lipinski definition) is 0. The van der Waals surface area contributed by atoms with Crippen molar-refractivity contribution in [3.8, 4) is 11.1 Å². The van der Waals surface area contributed by atoms with E-state index in [4.69, 9.17) is 0 Å². The van der Waals surface area contributed by atoms with E-state index in [0.717, 1.165) is 24.5 Å². The molecule has 0 heterocycles. The number of benzene rings is 2. The molecule has 2 aromatic rings. The van der Waals surface area contributed by atoms with E-state index in [1.54, 1.807) is 0 Å². The summed E-state index contributed by atoms with van der Waals surface area (Å²) in [7, 11) is 0. The summed E-state index contributed by atoms with van der Waals surface area (Å²) >= 11 is 0. The molecule has 0 atom stereocenters. The maximum absolute atomic E-state index is 14.4. The van der Waals surface area contributed by atoms with Crippen LogP contribution in [0, 0.1) is 41.2 Å². The molecule has 0 amide bonds. The predicted octanol–water partition coefficient (Wildman–Crippen LogP) is 6.47. The van der Waals surface area contributed by atoms with Gasteiger partial charge in [0.15, 0.2) is 0 Å². The van der Waals surface area contributed by atoms with Gasteiger partial charge in [0.1, 0.15) is 11.6 Å². The molecule has 0 unspecified atom stereocenters. The summed E-state index contributed by atoms with van der Waals surface area (Å²) in [5.41, 5.74) is 0.0272. The topological polar surface area (TPSA) is 0 Å². The van der Waals surface area contributed by atoms with Crippen molar-refractivity contribution in [1.82, 2.24) is 0 Å². The van der Waals surface area contributed by atoms with Crippen molar-refractivity contribution in [1.29, 1.82) is 0 Å². The van der Waals surface area contributed by atoms with Crippen molar-refractivity contribution in [2.75, 3.05) is 0 Å². The molecule has 0 spiro atoms. The predicted molar refractivity (Wildman–Crippen MR) is 90.0 cm³/mol. The molecule has 0 aliphatic heterocycles. The second-order valence-electron chi connectivity index (χ2n) is 7.16. The molecule has 0 nitrogen and oxygen atoms in total. The molecule has 3 rings (SSSR count). The minimum Gasteiger partial charge on any atom is -0.236 e. The third kappa shape index (κ3) is 5.39. The van der Waals surface area contributed by atoms with Crippen molar-refractivity contribution in [2.45, 2.75) is 45.4 Å². The minimum absolute atomic E-state index is 0. The Morgan fingerprint density at radius 2 is 1.42 bits per heavy atom. The van der Waals surface area contributed by atoms with Crippen LogP contribution < -0.4 is 0 Å². The van der Waals surface area contributed by atoms with Gasteiger partial charge in [0.2, 0.25) is 0 Å². The molecule has 0 bridgehead atoms. The van der Waals surface area contributed by atoms with E-state index in [1.165, 1.54) is 37.8 Å². The van der Waals surface area contributed by atoms with Crippen LogP contribution in [0.2, 0.25) is 0 Å². The average Bonchev–Trinajstić information content (AvgIpc) is 2.53. The van der Waals surface area contributed by atoms with Gasteiger partial charge in [-0.15, -0.1) is 23.8 Å². The standard InChI is InChI=1S/C21H21F4.Y/c1-13-2-4-14(5-3-13)6-7-15-8-19(24)21(20(25)9-15)16-10-17(22)12-18(23)11-16;/h8-11,13-14H,2-7H2,1H3;/q-1;+3. The first kappa shape index (κ1) is 21.6. The van der Waals surface area contributed by atoms with Gasteiger partial charge in [-0.2, -0.15) is 0 Å². The Morgan fingerprint density at radius 1 is 0.885 bits per heavy atom. The summed E-state index contributed by atoms with van der Waals surface area (Å²) in [4.78, 5) is 0. The van der Waals surface area contributed by atoms with Gasteiger partial charge in [-0.05, 0) is 42.4 Å². The summed E-state index contributed by atoms with van der Waals surface area (Å²) in [6.07, 6.45) is 6.29. The Hall–Kier alpha value is -0.736. The van der Waals surface area contributed by atoms with Crippen LogP contribution in [-0.4, -0.2) is 0 Å². The Balaban J connectivity index is 0.00000243. The van der Waals surface area contributed by atoms with Gasteiger partial charge in [0, 0.05) is 17.2 Å². The van der Waals surface area contributed by atoms with E-state index in [1.807, 2.05) is 6.07 Å². The van der Waals surface area contributed by atoms with Crippen LogP contribution >= 0.6 is 0 Å². The first-order chi connectivity index (χ1) is 11.9. The Bertz CT molecular complexity index is 708. The van der Waals surface area contributed by atoms with E-state index in [9.17, 15) is 17.6 Å². The van der Waals surface area contributed by atoms with E-state index >= 15 is 0 Å². The summed E-state index contributed by atoms with van der Waals surface area (Å²) in [5, 5.41) is 0. The molecule has 26 heavy (non-hydrogen) atoms. The second kappa shape index (κ2) is 9.46. The Labute approximate surface area is 177 Å². The number of hydrogen-bond acceptors (Lipinski definition) is 0. The van der Waals surface area contributed by atoms with Crippen LogP contribution in [-0.2, 0) is 39.1 Å². The van der Waals surface area contributed by atoms with Gasteiger partial charge < -0.3 is 0 Å². The van der Waals surface area contributed by atoms with Gasteiger partial charge >= 0.3 is 32.7 Å². The van der Waals surface area contributed by atoms with Crippen LogP contribution in [0.25, 0.3) is 11.1 Å². The van der Waals surface area contributed by atoms with Crippen LogP contribution in [0.4, 0.5) is 17.6 Å². The minimum atomic E-state index is -0.982. The number of rotatable bonds is 4. The van der Waals surface area contributed by atoms with E-state index in [-0.39, 0.29) is 38.3 Å². The molecule has 2 aromatic carbocycles. The molecule has 1 saturated carbocycles. The summed E-state index contributed by atoms with van der Waals surface area (Å²) in [5.74, 6) is -2.17. The monoisotopic (exact) mass is 438 g/mol. The quantitative estimate of drug-likeness (QED) is 0.379. The average molecular weight is 438 g/mol. The normalized spacial score (nSPS) is 19.9. The zero-order valence-corrected chi connectivity index (χ0v) is 17.6. The van der Waals surface area contributed by atoms with Crippen LogP contribution in [0.1, 0.15) is 44.6 Å². The van der Waals surface area contributed by atoms with E-state index in [0.29, 0.717) is 17.9 Å². The zero-order valence-electron chi connectivity index (χ0n) is 14.8. The fraction of sp³-hybridized carbons (Fsp3) is 0.429. The summed E-state index contributed by atoms with van der Waals surface area (Å²) < 4.78 is 55.3.